The molecule has 22 heavy (non-hydrogen) atoms. The molecule has 114 valence electrons. The molecule has 6 nitrogen and oxygen atoms in total. The Kier molecular flexibility index (Phi) is 3.28. The first kappa shape index (κ1) is 14.4. The number of amides is 1. The van der Waals surface area contributed by atoms with Crippen LogP contribution in [-0.4, -0.2) is 39.7 Å². The second kappa shape index (κ2) is 5.02. The lowest BCUT2D eigenvalue weighted by Crippen LogP contribution is -2.50. The molecule has 1 aromatic heterocycles. The summed E-state index contributed by atoms with van der Waals surface area (Å²) in [4.78, 5) is 24.8. The van der Waals surface area contributed by atoms with Crippen LogP contribution >= 0.6 is 0 Å². The van der Waals surface area contributed by atoms with Crippen LogP contribution in [0.3, 0.4) is 0 Å². The smallest absolute Gasteiger partial charge is 0.410 e. The second-order valence-corrected chi connectivity index (χ2v) is 6.52. The molecule has 1 aliphatic rings. The summed E-state index contributed by atoms with van der Waals surface area (Å²) in [5, 5.41) is 0. The molecule has 0 bridgehead atoms. The van der Waals surface area contributed by atoms with Gasteiger partial charge in [0.05, 0.1) is 23.5 Å². The minimum atomic E-state index is -0.475. The zero-order valence-electron chi connectivity index (χ0n) is 12.9. The highest BCUT2D eigenvalue weighted by atomic mass is 16.6. The van der Waals surface area contributed by atoms with E-state index in [1.165, 1.54) is 0 Å². The molecular formula is C16H18N4O2. The molecule has 0 radical (unpaired) electrons. The Bertz CT molecular complexity index is 761. The summed E-state index contributed by atoms with van der Waals surface area (Å²) in [5.74, 6) is 1.05. The number of hydrogen-bond donors (Lipinski definition) is 1. The predicted molar refractivity (Wildman–Crippen MR) is 82.9 cm³/mol. The maximum Gasteiger partial charge on any atom is 0.410 e. The van der Waals surface area contributed by atoms with Gasteiger partial charge in [-0.1, -0.05) is 6.07 Å². The van der Waals surface area contributed by atoms with Gasteiger partial charge in [-0.3, -0.25) is 0 Å². The number of likely N-dealkylation sites (tertiary alicyclic amines) is 1. The molecule has 2 aromatic rings. The number of H-pyrrole nitrogens is 1. The van der Waals surface area contributed by atoms with Gasteiger partial charge in [0.2, 0.25) is 0 Å². The molecule has 1 fully saturated rings. The number of hydrogen-bond acceptors (Lipinski definition) is 3. The molecule has 0 saturated carbocycles. The third-order valence-corrected chi connectivity index (χ3v) is 3.53. The fourth-order valence-electron chi connectivity index (χ4n) is 2.40. The summed E-state index contributed by atoms with van der Waals surface area (Å²) in [6.45, 7) is 13.8. The van der Waals surface area contributed by atoms with Gasteiger partial charge in [-0.15, -0.1) is 0 Å². The van der Waals surface area contributed by atoms with Crippen LogP contribution in [0.2, 0.25) is 0 Å². The van der Waals surface area contributed by atoms with Crippen LogP contribution in [0.15, 0.2) is 18.2 Å². The Morgan fingerprint density at radius 2 is 2.18 bits per heavy atom. The molecule has 0 unspecified atom stereocenters. The number of benzene rings is 1. The van der Waals surface area contributed by atoms with Crippen molar-refractivity contribution in [1.82, 2.24) is 14.9 Å². The molecule has 3 rings (SSSR count). The van der Waals surface area contributed by atoms with E-state index in [2.05, 4.69) is 14.8 Å². The van der Waals surface area contributed by atoms with Crippen molar-refractivity contribution in [3.63, 3.8) is 0 Å². The van der Waals surface area contributed by atoms with Gasteiger partial charge in [0, 0.05) is 13.1 Å². The molecule has 6 heteroatoms. The molecule has 1 aromatic carbocycles. The quantitative estimate of drug-likeness (QED) is 0.820. The van der Waals surface area contributed by atoms with Crippen LogP contribution in [0.1, 0.15) is 32.5 Å². The monoisotopic (exact) mass is 298 g/mol. The maximum atomic E-state index is 11.9. The van der Waals surface area contributed by atoms with E-state index in [-0.39, 0.29) is 12.0 Å². The van der Waals surface area contributed by atoms with Crippen LogP contribution in [-0.2, 0) is 4.74 Å². The number of nitrogens with one attached hydrogen (secondary N) is 1. The van der Waals surface area contributed by atoms with Gasteiger partial charge in [-0.2, -0.15) is 0 Å². The highest BCUT2D eigenvalue weighted by molar-refractivity contribution is 5.79. The number of aromatic nitrogens is 2. The largest absolute Gasteiger partial charge is 0.444 e. The van der Waals surface area contributed by atoms with E-state index in [1.807, 2.05) is 26.8 Å². The van der Waals surface area contributed by atoms with E-state index < -0.39 is 5.60 Å². The average molecular weight is 298 g/mol. The fourth-order valence-corrected chi connectivity index (χ4v) is 2.40. The SMILES string of the molecule is [C-]#[N+]c1ccc2[nH]c(C3CN(C(=O)OC(C)(C)C)C3)nc2c1. The van der Waals surface area contributed by atoms with Crippen molar-refractivity contribution in [3.05, 3.63) is 35.4 Å². The Balaban J connectivity index is 1.68. The Morgan fingerprint density at radius 3 is 2.82 bits per heavy atom. The highest BCUT2D eigenvalue weighted by Crippen LogP contribution is 2.29. The molecule has 1 N–H and O–H groups in total. The minimum absolute atomic E-state index is 0.191. The number of nitrogens with zero attached hydrogens (tertiary/aromatic N) is 3. The van der Waals surface area contributed by atoms with Gasteiger partial charge >= 0.3 is 6.09 Å². The van der Waals surface area contributed by atoms with Crippen molar-refractivity contribution in [3.8, 4) is 0 Å². The van der Waals surface area contributed by atoms with E-state index in [9.17, 15) is 4.79 Å². The van der Waals surface area contributed by atoms with Crippen LogP contribution in [0.5, 0.6) is 0 Å². The van der Waals surface area contributed by atoms with Crippen LogP contribution in [0.25, 0.3) is 15.9 Å². The molecule has 1 saturated heterocycles. The first-order chi connectivity index (χ1) is 10.4. The molecule has 0 aliphatic carbocycles. The summed E-state index contributed by atoms with van der Waals surface area (Å²) in [6.07, 6.45) is -0.282. The van der Waals surface area contributed by atoms with E-state index in [4.69, 9.17) is 11.3 Å². The molecule has 0 spiro atoms. The van der Waals surface area contributed by atoms with E-state index >= 15 is 0 Å². The summed E-state index contributed by atoms with van der Waals surface area (Å²) in [7, 11) is 0. The van der Waals surface area contributed by atoms with E-state index in [0.29, 0.717) is 18.8 Å². The van der Waals surface area contributed by atoms with Crippen LogP contribution in [0, 0.1) is 6.57 Å². The lowest BCUT2D eigenvalue weighted by Gasteiger charge is -2.38. The van der Waals surface area contributed by atoms with Gasteiger partial charge in [0.25, 0.3) is 0 Å². The van der Waals surface area contributed by atoms with Crippen molar-refractivity contribution in [2.45, 2.75) is 32.3 Å². The second-order valence-electron chi connectivity index (χ2n) is 6.52. The topological polar surface area (TPSA) is 62.6 Å². The fraction of sp³-hybridized carbons (Fsp3) is 0.438. The van der Waals surface area contributed by atoms with Crippen molar-refractivity contribution >= 4 is 22.8 Å². The van der Waals surface area contributed by atoms with Crippen molar-refractivity contribution < 1.29 is 9.53 Å². The lowest BCUT2D eigenvalue weighted by atomic mass is 10.0. The molecule has 1 amide bonds. The van der Waals surface area contributed by atoms with Gasteiger partial charge in [0.1, 0.15) is 11.4 Å². The van der Waals surface area contributed by atoms with E-state index in [1.54, 1.807) is 17.0 Å². The summed E-state index contributed by atoms with van der Waals surface area (Å²) in [6, 6.07) is 5.40. The molecular weight excluding hydrogens is 280 g/mol. The normalized spacial score (nSPS) is 15.5. The highest BCUT2D eigenvalue weighted by Gasteiger charge is 2.36. The van der Waals surface area contributed by atoms with Gasteiger partial charge in [-0.25, -0.2) is 14.6 Å². The third-order valence-electron chi connectivity index (χ3n) is 3.53. The van der Waals surface area contributed by atoms with E-state index in [0.717, 1.165) is 16.9 Å². The number of rotatable bonds is 1. The number of imidazole rings is 1. The Labute approximate surface area is 128 Å². The first-order valence-corrected chi connectivity index (χ1v) is 7.21. The Hall–Kier alpha value is -2.55. The van der Waals surface area contributed by atoms with Crippen LogP contribution in [0.4, 0.5) is 10.5 Å². The average Bonchev–Trinajstić information content (AvgIpc) is 2.76. The lowest BCUT2D eigenvalue weighted by molar-refractivity contribution is 0.00761. The maximum absolute atomic E-state index is 11.9. The molecule has 2 heterocycles. The standard InChI is InChI=1S/C16H18N4O2/c1-16(2,3)22-15(21)20-8-10(9-20)14-18-12-6-5-11(17-4)7-13(12)19-14/h5-7,10H,8-9H2,1-3H3,(H,18,19). The number of fused-ring (bicyclic) bond motifs is 1. The zero-order valence-corrected chi connectivity index (χ0v) is 12.9. The van der Waals surface area contributed by atoms with Crippen molar-refractivity contribution in [2.24, 2.45) is 0 Å². The minimum Gasteiger partial charge on any atom is -0.444 e. The number of carbonyl (C=O) groups is 1. The zero-order chi connectivity index (χ0) is 15.9. The third kappa shape index (κ3) is 2.75. The van der Waals surface area contributed by atoms with Gasteiger partial charge in [0.15, 0.2) is 5.69 Å². The molecule has 1 aliphatic heterocycles. The predicted octanol–water partition coefficient (Wildman–Crippen LogP) is 3.45. The van der Waals surface area contributed by atoms with Gasteiger partial charge < -0.3 is 14.6 Å². The number of ether oxygens (including phenoxy) is 1. The number of aromatic amines is 1. The van der Waals surface area contributed by atoms with Crippen molar-refractivity contribution in [1.29, 1.82) is 0 Å². The van der Waals surface area contributed by atoms with Gasteiger partial charge in [-0.05, 0) is 32.9 Å². The molecule has 0 atom stereocenters. The van der Waals surface area contributed by atoms with Crippen molar-refractivity contribution in [2.75, 3.05) is 13.1 Å². The van der Waals surface area contributed by atoms with Crippen LogP contribution < -0.4 is 0 Å². The Morgan fingerprint density at radius 1 is 1.45 bits per heavy atom. The summed E-state index contributed by atoms with van der Waals surface area (Å²) in [5.41, 5.74) is 1.81. The summed E-state index contributed by atoms with van der Waals surface area (Å²) >= 11 is 0. The summed E-state index contributed by atoms with van der Waals surface area (Å²) < 4.78 is 5.34. The number of carbonyl (C=O) groups excluding carboxylic acids is 1. The first-order valence-electron chi connectivity index (χ1n) is 7.21.